The number of hydrogen-bond donors (Lipinski definition) is 1. The van der Waals surface area contributed by atoms with Crippen LogP contribution >= 0.6 is 12.4 Å². The maximum Gasteiger partial charge on any atom is 0.239 e. The standard InChI is InChI=1S/C15H24N2O2.ClH/c1-5-19-13-8-6-12(7-9-13)10-17(4)15(18)14(16)11(2)3;/h6-9,11,14H,5,10,16H2,1-4H3;1H/t14-;/m1./s1. The van der Waals surface area contributed by atoms with E-state index in [0.29, 0.717) is 13.2 Å². The van der Waals surface area contributed by atoms with E-state index in [4.69, 9.17) is 10.5 Å². The molecule has 0 heterocycles. The molecule has 0 bridgehead atoms. The molecule has 0 aliphatic heterocycles. The summed E-state index contributed by atoms with van der Waals surface area (Å²) < 4.78 is 5.38. The van der Waals surface area contributed by atoms with Crippen molar-refractivity contribution in [1.29, 1.82) is 0 Å². The van der Waals surface area contributed by atoms with Gasteiger partial charge in [0.2, 0.25) is 5.91 Å². The zero-order valence-corrected chi connectivity index (χ0v) is 13.4. The van der Waals surface area contributed by atoms with Gasteiger partial charge in [-0.15, -0.1) is 12.4 Å². The lowest BCUT2D eigenvalue weighted by Crippen LogP contribution is -2.44. The maximum absolute atomic E-state index is 12.0. The number of likely N-dealkylation sites (N-methyl/N-ethyl adjacent to an activating group) is 1. The van der Waals surface area contributed by atoms with Gasteiger partial charge in [-0.3, -0.25) is 4.79 Å². The summed E-state index contributed by atoms with van der Waals surface area (Å²) in [7, 11) is 1.78. The third-order valence-electron chi connectivity index (χ3n) is 3.03. The number of ether oxygens (including phenoxy) is 1. The van der Waals surface area contributed by atoms with Crippen LogP contribution < -0.4 is 10.5 Å². The molecule has 4 nitrogen and oxygen atoms in total. The van der Waals surface area contributed by atoms with Gasteiger partial charge in [0, 0.05) is 13.6 Å². The lowest BCUT2D eigenvalue weighted by atomic mass is 10.0. The smallest absolute Gasteiger partial charge is 0.239 e. The van der Waals surface area contributed by atoms with Gasteiger partial charge in [-0.2, -0.15) is 0 Å². The Labute approximate surface area is 127 Å². The third-order valence-corrected chi connectivity index (χ3v) is 3.03. The van der Waals surface area contributed by atoms with Crippen molar-refractivity contribution in [3.05, 3.63) is 29.8 Å². The van der Waals surface area contributed by atoms with Crippen LogP contribution in [0.1, 0.15) is 26.3 Å². The first kappa shape index (κ1) is 18.7. The summed E-state index contributed by atoms with van der Waals surface area (Å²) in [5, 5.41) is 0. The largest absolute Gasteiger partial charge is 0.494 e. The molecule has 0 spiro atoms. The quantitative estimate of drug-likeness (QED) is 0.878. The summed E-state index contributed by atoms with van der Waals surface area (Å²) in [6.45, 7) is 7.07. The molecule has 20 heavy (non-hydrogen) atoms. The summed E-state index contributed by atoms with van der Waals surface area (Å²) >= 11 is 0. The van der Waals surface area contributed by atoms with E-state index in [1.165, 1.54) is 0 Å². The van der Waals surface area contributed by atoms with E-state index < -0.39 is 6.04 Å². The summed E-state index contributed by atoms with van der Waals surface area (Å²) in [6.07, 6.45) is 0. The molecule has 0 saturated heterocycles. The lowest BCUT2D eigenvalue weighted by molar-refractivity contribution is -0.132. The van der Waals surface area contributed by atoms with Crippen molar-refractivity contribution in [2.24, 2.45) is 11.7 Å². The number of nitrogens with zero attached hydrogens (tertiary/aromatic N) is 1. The van der Waals surface area contributed by atoms with E-state index in [1.807, 2.05) is 45.0 Å². The fourth-order valence-electron chi connectivity index (χ4n) is 1.75. The molecule has 1 aromatic rings. The Hall–Kier alpha value is -1.26. The molecular formula is C15H25ClN2O2. The van der Waals surface area contributed by atoms with Gasteiger partial charge in [0.25, 0.3) is 0 Å². The topological polar surface area (TPSA) is 55.6 Å². The summed E-state index contributed by atoms with van der Waals surface area (Å²) in [5.41, 5.74) is 6.93. The van der Waals surface area contributed by atoms with Crippen molar-refractivity contribution in [2.75, 3.05) is 13.7 Å². The lowest BCUT2D eigenvalue weighted by Gasteiger charge is -2.23. The second-order valence-corrected chi connectivity index (χ2v) is 5.04. The average Bonchev–Trinajstić information content (AvgIpc) is 2.39. The zero-order valence-electron chi connectivity index (χ0n) is 12.6. The first-order valence-corrected chi connectivity index (χ1v) is 6.68. The fourth-order valence-corrected chi connectivity index (χ4v) is 1.75. The summed E-state index contributed by atoms with van der Waals surface area (Å²) in [5.74, 6) is 0.971. The summed E-state index contributed by atoms with van der Waals surface area (Å²) in [6, 6.07) is 7.33. The van der Waals surface area contributed by atoms with Crippen molar-refractivity contribution < 1.29 is 9.53 Å². The van der Waals surface area contributed by atoms with E-state index in [9.17, 15) is 4.79 Å². The summed E-state index contributed by atoms with van der Waals surface area (Å²) in [4.78, 5) is 13.7. The van der Waals surface area contributed by atoms with Crippen LogP contribution in [0.15, 0.2) is 24.3 Å². The first-order valence-electron chi connectivity index (χ1n) is 6.68. The number of hydrogen-bond acceptors (Lipinski definition) is 3. The number of rotatable bonds is 6. The average molecular weight is 301 g/mol. The van der Waals surface area contributed by atoms with E-state index in [0.717, 1.165) is 11.3 Å². The first-order chi connectivity index (χ1) is 8.95. The van der Waals surface area contributed by atoms with Gasteiger partial charge in [0.15, 0.2) is 0 Å². The number of carbonyl (C=O) groups is 1. The van der Waals surface area contributed by atoms with Crippen LogP contribution in [0.4, 0.5) is 0 Å². The molecule has 114 valence electrons. The highest BCUT2D eigenvalue weighted by Gasteiger charge is 2.20. The fraction of sp³-hybridized carbons (Fsp3) is 0.533. The highest BCUT2D eigenvalue weighted by atomic mass is 35.5. The molecule has 0 radical (unpaired) electrons. The monoisotopic (exact) mass is 300 g/mol. The van der Waals surface area contributed by atoms with E-state index in [2.05, 4.69) is 0 Å². The van der Waals surface area contributed by atoms with Crippen LogP contribution in [0.5, 0.6) is 5.75 Å². The number of nitrogens with two attached hydrogens (primary N) is 1. The second kappa shape index (κ2) is 8.82. The Morgan fingerprint density at radius 2 is 1.85 bits per heavy atom. The number of carbonyl (C=O) groups excluding carboxylic acids is 1. The van der Waals surface area contributed by atoms with Gasteiger partial charge in [-0.05, 0) is 30.5 Å². The van der Waals surface area contributed by atoms with Crippen LogP contribution in [-0.2, 0) is 11.3 Å². The molecule has 1 amide bonds. The highest BCUT2D eigenvalue weighted by molar-refractivity contribution is 5.85. The molecule has 0 unspecified atom stereocenters. The van der Waals surface area contributed by atoms with Gasteiger partial charge < -0.3 is 15.4 Å². The third kappa shape index (κ3) is 5.39. The minimum Gasteiger partial charge on any atom is -0.494 e. The Kier molecular flexibility index (Phi) is 8.26. The molecule has 0 aromatic heterocycles. The molecule has 2 N–H and O–H groups in total. The molecular weight excluding hydrogens is 276 g/mol. The van der Waals surface area contributed by atoms with E-state index >= 15 is 0 Å². The number of amides is 1. The Morgan fingerprint density at radius 3 is 2.30 bits per heavy atom. The van der Waals surface area contributed by atoms with Crippen LogP contribution in [0.25, 0.3) is 0 Å². The predicted molar refractivity (Wildman–Crippen MR) is 84.1 cm³/mol. The molecule has 0 fully saturated rings. The molecule has 1 aromatic carbocycles. The number of halogens is 1. The molecule has 0 aliphatic rings. The van der Waals surface area contributed by atoms with Crippen molar-refractivity contribution >= 4 is 18.3 Å². The van der Waals surface area contributed by atoms with Gasteiger partial charge in [-0.25, -0.2) is 0 Å². The van der Waals surface area contributed by atoms with Crippen molar-refractivity contribution in [3.63, 3.8) is 0 Å². The van der Waals surface area contributed by atoms with E-state index in [-0.39, 0.29) is 24.2 Å². The molecule has 0 saturated carbocycles. The Balaban J connectivity index is 0.00000361. The highest BCUT2D eigenvalue weighted by Crippen LogP contribution is 2.14. The maximum atomic E-state index is 12.0. The predicted octanol–water partition coefficient (Wildman–Crippen LogP) is 2.45. The Morgan fingerprint density at radius 1 is 1.30 bits per heavy atom. The molecule has 5 heteroatoms. The second-order valence-electron chi connectivity index (χ2n) is 5.04. The van der Waals surface area contributed by atoms with Crippen molar-refractivity contribution in [3.8, 4) is 5.75 Å². The molecule has 1 atom stereocenters. The van der Waals surface area contributed by atoms with Crippen LogP contribution in [0.2, 0.25) is 0 Å². The van der Waals surface area contributed by atoms with Gasteiger partial charge >= 0.3 is 0 Å². The molecule has 0 aliphatic carbocycles. The van der Waals surface area contributed by atoms with Crippen LogP contribution in [0.3, 0.4) is 0 Å². The SMILES string of the molecule is CCOc1ccc(CN(C)C(=O)[C@H](N)C(C)C)cc1.Cl. The van der Waals surface area contributed by atoms with Crippen molar-refractivity contribution in [2.45, 2.75) is 33.4 Å². The van der Waals surface area contributed by atoms with Gasteiger partial charge in [-0.1, -0.05) is 26.0 Å². The van der Waals surface area contributed by atoms with Crippen molar-refractivity contribution in [1.82, 2.24) is 4.90 Å². The number of benzene rings is 1. The Bertz CT molecular complexity index is 407. The van der Waals surface area contributed by atoms with Crippen LogP contribution in [0, 0.1) is 5.92 Å². The van der Waals surface area contributed by atoms with Gasteiger partial charge in [0.05, 0.1) is 12.6 Å². The zero-order chi connectivity index (χ0) is 14.4. The van der Waals surface area contributed by atoms with E-state index in [1.54, 1.807) is 11.9 Å². The minimum atomic E-state index is -0.437. The normalized spacial score (nSPS) is 11.7. The molecule has 1 rings (SSSR count). The van der Waals surface area contributed by atoms with Gasteiger partial charge in [0.1, 0.15) is 5.75 Å². The minimum absolute atomic E-state index is 0. The van der Waals surface area contributed by atoms with Crippen LogP contribution in [-0.4, -0.2) is 30.5 Å².